The summed E-state index contributed by atoms with van der Waals surface area (Å²) in [5.74, 6) is -2.22. The first-order chi connectivity index (χ1) is 16.6. The molecule has 1 aromatic heterocycles. The molecule has 0 radical (unpaired) electrons. The molecule has 0 atom stereocenters. The van der Waals surface area contributed by atoms with E-state index in [1.54, 1.807) is 24.4 Å². The van der Waals surface area contributed by atoms with Crippen LogP contribution in [0.3, 0.4) is 0 Å². The molecule has 1 aliphatic rings. The molecule has 0 bridgehead atoms. The Balaban J connectivity index is 1.43. The minimum absolute atomic E-state index is 0.0766. The molecular formula is C26H22F2N4O2. The first kappa shape index (κ1) is 21.9. The maximum atomic E-state index is 14.6. The Kier molecular flexibility index (Phi) is 6.14. The largest absolute Gasteiger partial charge is 0.489 e. The van der Waals surface area contributed by atoms with Gasteiger partial charge in [-0.2, -0.15) is 0 Å². The number of ether oxygens (including phenoxy) is 1. The van der Waals surface area contributed by atoms with E-state index in [0.29, 0.717) is 16.9 Å². The van der Waals surface area contributed by atoms with Crippen LogP contribution in [0.1, 0.15) is 21.5 Å². The van der Waals surface area contributed by atoms with E-state index in [4.69, 9.17) is 4.74 Å². The third kappa shape index (κ3) is 4.58. The minimum atomic E-state index is -1.21. The third-order valence-corrected chi connectivity index (χ3v) is 5.73. The smallest absolute Gasteiger partial charge is 0.196 e. The summed E-state index contributed by atoms with van der Waals surface area (Å²) >= 11 is 0. The Morgan fingerprint density at radius 1 is 1.00 bits per heavy atom. The van der Waals surface area contributed by atoms with Crippen molar-refractivity contribution in [3.05, 3.63) is 95.2 Å². The maximum absolute atomic E-state index is 14.6. The molecule has 0 saturated carbocycles. The average Bonchev–Trinajstić information content (AvgIpc) is 2.89. The number of nitrogens with zero attached hydrogens (tertiary/aromatic N) is 3. The van der Waals surface area contributed by atoms with Gasteiger partial charge in [0.1, 0.15) is 18.2 Å². The van der Waals surface area contributed by atoms with Crippen LogP contribution >= 0.6 is 0 Å². The molecular weight excluding hydrogens is 438 g/mol. The molecule has 34 heavy (non-hydrogen) atoms. The van der Waals surface area contributed by atoms with Crippen molar-refractivity contribution in [2.75, 3.05) is 31.1 Å². The van der Waals surface area contributed by atoms with Gasteiger partial charge in [0.25, 0.3) is 0 Å². The number of ketones is 1. The minimum Gasteiger partial charge on any atom is -0.489 e. The van der Waals surface area contributed by atoms with Gasteiger partial charge in [-0.3, -0.25) is 9.78 Å². The van der Waals surface area contributed by atoms with E-state index in [0.717, 1.165) is 37.8 Å². The van der Waals surface area contributed by atoms with Crippen molar-refractivity contribution in [2.45, 2.75) is 6.61 Å². The molecule has 0 amide bonds. The Hall–Kier alpha value is -3.91. The fourth-order valence-electron chi connectivity index (χ4n) is 3.90. The van der Waals surface area contributed by atoms with E-state index in [1.807, 2.05) is 30.3 Å². The standard InChI is InChI=1S/C26H22F2N4O2/c27-21-14-19(34-16-17-4-2-1-3-5-17)13-20(25(21)28)26(33)18-6-7-22-23(12-18)31-24(15-30-22)32-10-8-29-9-11-32/h1-7,12-15,29H,8-11,16H2. The number of piperazine rings is 1. The summed E-state index contributed by atoms with van der Waals surface area (Å²) in [4.78, 5) is 24.3. The molecule has 1 fully saturated rings. The number of anilines is 1. The third-order valence-electron chi connectivity index (χ3n) is 5.73. The second-order valence-electron chi connectivity index (χ2n) is 8.04. The summed E-state index contributed by atoms with van der Waals surface area (Å²) < 4.78 is 34.5. The highest BCUT2D eigenvalue weighted by atomic mass is 19.2. The van der Waals surface area contributed by atoms with Crippen LogP contribution in [0.4, 0.5) is 14.6 Å². The molecule has 6 nitrogen and oxygen atoms in total. The first-order valence-corrected chi connectivity index (χ1v) is 11.0. The van der Waals surface area contributed by atoms with Gasteiger partial charge in [-0.05, 0) is 29.8 Å². The van der Waals surface area contributed by atoms with Crippen LogP contribution in [0.25, 0.3) is 11.0 Å². The normalized spacial score (nSPS) is 13.8. The predicted molar refractivity (Wildman–Crippen MR) is 125 cm³/mol. The van der Waals surface area contributed by atoms with E-state index >= 15 is 0 Å². The zero-order valence-electron chi connectivity index (χ0n) is 18.3. The molecule has 2 heterocycles. The number of hydrogen-bond acceptors (Lipinski definition) is 6. The lowest BCUT2D eigenvalue weighted by atomic mass is 10.0. The Bertz CT molecular complexity index is 1340. The summed E-state index contributed by atoms with van der Waals surface area (Å²) in [5.41, 5.74) is 1.79. The molecule has 1 N–H and O–H groups in total. The van der Waals surface area contributed by atoms with Crippen LogP contribution in [0.5, 0.6) is 5.75 Å². The van der Waals surface area contributed by atoms with Crippen LogP contribution < -0.4 is 15.0 Å². The fraction of sp³-hybridized carbons (Fsp3) is 0.192. The molecule has 4 aromatic rings. The summed E-state index contributed by atoms with van der Waals surface area (Å²) in [7, 11) is 0. The number of hydrogen-bond donors (Lipinski definition) is 1. The number of nitrogens with one attached hydrogen (secondary N) is 1. The van der Waals surface area contributed by atoms with Crippen LogP contribution in [0.15, 0.2) is 66.9 Å². The zero-order valence-corrected chi connectivity index (χ0v) is 18.3. The number of halogens is 2. The quantitative estimate of drug-likeness (QED) is 0.437. The van der Waals surface area contributed by atoms with E-state index in [-0.39, 0.29) is 17.9 Å². The van der Waals surface area contributed by atoms with Gasteiger partial charge in [0.15, 0.2) is 17.4 Å². The van der Waals surface area contributed by atoms with Crippen molar-refractivity contribution in [1.82, 2.24) is 15.3 Å². The van der Waals surface area contributed by atoms with E-state index < -0.39 is 23.0 Å². The predicted octanol–water partition coefficient (Wildman–Crippen LogP) is 4.13. The SMILES string of the molecule is O=C(c1ccc2ncc(N3CCNCC3)nc2c1)c1cc(OCc2ccccc2)cc(F)c1F. The average molecular weight is 460 g/mol. The molecule has 0 aliphatic carbocycles. The van der Waals surface area contributed by atoms with E-state index in [9.17, 15) is 13.6 Å². The second kappa shape index (κ2) is 9.52. The first-order valence-electron chi connectivity index (χ1n) is 11.0. The van der Waals surface area contributed by atoms with Gasteiger partial charge >= 0.3 is 0 Å². The van der Waals surface area contributed by atoms with Gasteiger partial charge in [0.05, 0.1) is 22.8 Å². The number of aromatic nitrogens is 2. The van der Waals surface area contributed by atoms with Crippen LogP contribution in [-0.4, -0.2) is 41.9 Å². The fourth-order valence-corrected chi connectivity index (χ4v) is 3.90. The Labute approximate surface area is 195 Å². The number of rotatable bonds is 6. The van der Waals surface area contributed by atoms with Gasteiger partial charge in [-0.15, -0.1) is 0 Å². The van der Waals surface area contributed by atoms with Crippen molar-refractivity contribution < 1.29 is 18.3 Å². The summed E-state index contributed by atoms with van der Waals surface area (Å²) in [6.45, 7) is 3.48. The number of fused-ring (bicyclic) bond motifs is 1. The molecule has 172 valence electrons. The molecule has 1 aliphatic heterocycles. The Morgan fingerprint density at radius 2 is 1.79 bits per heavy atom. The molecule has 0 unspecified atom stereocenters. The topological polar surface area (TPSA) is 67.4 Å². The van der Waals surface area contributed by atoms with Crippen LogP contribution in [0.2, 0.25) is 0 Å². The Morgan fingerprint density at radius 3 is 2.59 bits per heavy atom. The number of carbonyl (C=O) groups excluding carboxylic acids is 1. The van der Waals surface area contributed by atoms with Crippen molar-refractivity contribution >= 4 is 22.6 Å². The second-order valence-corrected chi connectivity index (χ2v) is 8.04. The molecule has 3 aromatic carbocycles. The summed E-state index contributed by atoms with van der Waals surface area (Å²) in [6.07, 6.45) is 1.71. The van der Waals surface area contributed by atoms with Gasteiger partial charge < -0.3 is 15.0 Å². The highest BCUT2D eigenvalue weighted by Gasteiger charge is 2.21. The van der Waals surface area contributed by atoms with Crippen LogP contribution in [0, 0.1) is 11.6 Å². The zero-order chi connectivity index (χ0) is 23.5. The summed E-state index contributed by atoms with van der Waals surface area (Å²) in [5, 5.41) is 3.29. The molecule has 1 saturated heterocycles. The van der Waals surface area contributed by atoms with Crippen molar-refractivity contribution in [3.8, 4) is 5.75 Å². The highest BCUT2D eigenvalue weighted by Crippen LogP contribution is 2.25. The van der Waals surface area contributed by atoms with Gasteiger partial charge in [0.2, 0.25) is 0 Å². The molecule has 8 heteroatoms. The van der Waals surface area contributed by atoms with Crippen molar-refractivity contribution in [1.29, 1.82) is 0 Å². The lowest BCUT2D eigenvalue weighted by Gasteiger charge is -2.28. The van der Waals surface area contributed by atoms with Crippen molar-refractivity contribution in [3.63, 3.8) is 0 Å². The maximum Gasteiger partial charge on any atom is 0.196 e. The number of carbonyl (C=O) groups is 1. The number of benzene rings is 3. The highest BCUT2D eigenvalue weighted by molar-refractivity contribution is 6.10. The van der Waals surface area contributed by atoms with E-state index in [2.05, 4.69) is 20.2 Å². The lowest BCUT2D eigenvalue weighted by molar-refractivity contribution is 0.103. The van der Waals surface area contributed by atoms with Gasteiger partial charge in [-0.25, -0.2) is 13.8 Å². The summed E-state index contributed by atoms with van der Waals surface area (Å²) in [6, 6.07) is 16.2. The molecule has 0 spiro atoms. The molecule has 5 rings (SSSR count). The van der Waals surface area contributed by atoms with Gasteiger partial charge in [0, 0.05) is 37.8 Å². The monoisotopic (exact) mass is 460 g/mol. The van der Waals surface area contributed by atoms with Gasteiger partial charge in [-0.1, -0.05) is 30.3 Å². The lowest BCUT2D eigenvalue weighted by Crippen LogP contribution is -2.43. The van der Waals surface area contributed by atoms with E-state index in [1.165, 1.54) is 6.07 Å². The van der Waals surface area contributed by atoms with Crippen molar-refractivity contribution in [2.24, 2.45) is 0 Å². The van der Waals surface area contributed by atoms with Crippen LogP contribution in [-0.2, 0) is 6.61 Å².